The van der Waals surface area contributed by atoms with Gasteiger partial charge < -0.3 is 15.0 Å². The van der Waals surface area contributed by atoms with Gasteiger partial charge in [-0.2, -0.15) is 0 Å². The number of nitrogens with one attached hydrogen (secondary N) is 1. The Kier molecular flexibility index (Phi) is 4.61. The summed E-state index contributed by atoms with van der Waals surface area (Å²) < 4.78 is 58.1. The smallest absolute Gasteiger partial charge is 0.337 e. The summed E-state index contributed by atoms with van der Waals surface area (Å²) in [7, 11) is 0. The lowest BCUT2D eigenvalue weighted by Crippen LogP contribution is -2.39. The predicted octanol–water partition coefficient (Wildman–Crippen LogP) is 4.86. The van der Waals surface area contributed by atoms with E-state index in [1.165, 1.54) is 6.20 Å². The van der Waals surface area contributed by atoms with E-state index >= 15 is 0 Å². The van der Waals surface area contributed by atoms with Crippen LogP contribution < -0.4 is 5.32 Å². The summed E-state index contributed by atoms with van der Waals surface area (Å²) in [5, 5.41) is 3.26. The second kappa shape index (κ2) is 8.04. The highest BCUT2D eigenvalue weighted by Gasteiger charge is 2.48. The highest BCUT2D eigenvalue weighted by atomic mass is 19.2. The van der Waals surface area contributed by atoms with Crippen molar-refractivity contribution in [3.63, 3.8) is 0 Å². The normalized spacial score (nSPS) is 26.0. The molecule has 7 heteroatoms. The average molecular weight is 444 g/mol. The van der Waals surface area contributed by atoms with Gasteiger partial charge in [0.25, 0.3) is 5.91 Å². The number of amides is 1. The highest BCUT2D eigenvalue weighted by Crippen LogP contribution is 2.50. The number of hydrogen-bond donors (Lipinski definition) is 1. The molecule has 0 saturated heterocycles. The van der Waals surface area contributed by atoms with Crippen LogP contribution >= 0.6 is 0 Å². The summed E-state index contributed by atoms with van der Waals surface area (Å²) in [6, 6.07) is 9.11. The number of benzene rings is 2. The molecule has 0 bridgehead atoms. The van der Waals surface area contributed by atoms with E-state index in [1.54, 1.807) is 45.0 Å². The second-order valence-corrected chi connectivity index (χ2v) is 8.70. The van der Waals surface area contributed by atoms with Crippen LogP contribution in [0.4, 0.5) is 14.5 Å². The number of ether oxygens (including phenoxy) is 1. The molecule has 4 rings (SSSR count). The Morgan fingerprint density at radius 2 is 1.97 bits per heavy atom. The molecule has 0 aromatic heterocycles. The van der Waals surface area contributed by atoms with Crippen LogP contribution in [0.25, 0.3) is 0 Å². The largest absolute Gasteiger partial charge is 0.460 e. The van der Waals surface area contributed by atoms with E-state index in [0.29, 0.717) is 11.3 Å². The first kappa shape index (κ1) is 18.4. The van der Waals surface area contributed by atoms with Crippen LogP contribution in [0.2, 0.25) is 0 Å². The fourth-order valence-electron chi connectivity index (χ4n) is 4.43. The molecule has 0 spiro atoms. The van der Waals surface area contributed by atoms with Crippen molar-refractivity contribution in [1.29, 1.82) is 0 Å². The summed E-state index contributed by atoms with van der Waals surface area (Å²) in [6.45, 7) is 2.07. The number of carbonyl (C=O) groups is 2. The van der Waals surface area contributed by atoms with E-state index in [0.717, 1.165) is 23.1 Å². The first-order valence-corrected chi connectivity index (χ1v) is 10.4. The van der Waals surface area contributed by atoms with Crippen molar-refractivity contribution in [1.82, 2.24) is 4.90 Å². The van der Waals surface area contributed by atoms with Crippen LogP contribution in [0.15, 0.2) is 54.2 Å². The molecule has 32 heavy (non-hydrogen) atoms. The Hall–Kier alpha value is -3.22. The lowest BCUT2D eigenvalue weighted by Gasteiger charge is -2.36. The zero-order valence-electron chi connectivity index (χ0n) is 21.0. The topological polar surface area (TPSA) is 58.6 Å². The first-order valence-electron chi connectivity index (χ1n) is 11.9. The number of halogens is 2. The molecular weight excluding hydrogens is 414 g/mol. The van der Waals surface area contributed by atoms with Crippen LogP contribution in [0, 0.1) is 17.0 Å². The summed E-state index contributed by atoms with van der Waals surface area (Å²) in [6.07, 6.45) is 0.820. The predicted molar refractivity (Wildman–Crippen MR) is 117 cm³/mol. The number of anilines is 1. The van der Waals surface area contributed by atoms with Gasteiger partial charge in [-0.05, 0) is 49.1 Å². The van der Waals surface area contributed by atoms with Crippen molar-refractivity contribution in [2.24, 2.45) is 5.41 Å². The molecule has 5 nitrogen and oxygen atoms in total. The molecule has 1 N–H and O–H groups in total. The number of carbonyl (C=O) groups excluding carboxylic acids is 2. The van der Waals surface area contributed by atoms with Gasteiger partial charge in [0.2, 0.25) is 0 Å². The first-order chi connectivity index (χ1) is 16.3. The average Bonchev–Trinajstić information content (AvgIpc) is 3.09. The molecule has 2 heterocycles. The Morgan fingerprint density at radius 1 is 1.22 bits per heavy atom. The Morgan fingerprint density at radius 3 is 2.66 bits per heavy atom. The summed E-state index contributed by atoms with van der Waals surface area (Å²) >= 11 is 0. The van der Waals surface area contributed by atoms with Crippen LogP contribution in [-0.4, -0.2) is 35.5 Å². The van der Waals surface area contributed by atoms with Crippen LogP contribution in [-0.2, 0) is 9.53 Å². The van der Waals surface area contributed by atoms with Crippen molar-refractivity contribution in [3.05, 3.63) is 77.0 Å². The zero-order chi connectivity index (χ0) is 25.7. The summed E-state index contributed by atoms with van der Waals surface area (Å²) in [5.41, 5.74) is -0.209. The Labute approximate surface area is 190 Å². The van der Waals surface area contributed by atoms with E-state index < -0.39 is 53.8 Å². The van der Waals surface area contributed by atoms with Crippen molar-refractivity contribution >= 4 is 17.6 Å². The van der Waals surface area contributed by atoms with E-state index in [4.69, 9.17) is 8.85 Å². The van der Waals surface area contributed by atoms with Gasteiger partial charge in [0, 0.05) is 34.0 Å². The molecule has 2 aromatic carbocycles. The maximum Gasteiger partial charge on any atom is 0.337 e. The fraction of sp³-hybridized carbons (Fsp3) is 0.360. The van der Waals surface area contributed by atoms with Crippen molar-refractivity contribution in [3.8, 4) is 0 Å². The van der Waals surface area contributed by atoms with Crippen molar-refractivity contribution in [2.75, 3.05) is 11.9 Å². The molecule has 0 radical (unpaired) electrons. The fourth-order valence-corrected chi connectivity index (χ4v) is 4.43. The SMILES string of the molecule is [2H]C([2H])([2H])C1(C)CN(C(=O)c2ccc(F)c(F)c2)C=C(C(=O)OC(C)C)C2Nc3ccccc3C21. The molecule has 0 saturated carbocycles. The van der Waals surface area contributed by atoms with Gasteiger partial charge in [0.1, 0.15) is 0 Å². The standard InChI is InChI=1S/C25H26F2N2O3/c1-14(2)32-24(31)17-12-29(23(30)15-9-10-18(26)19(27)11-15)13-25(3,4)21-16-7-5-6-8-20(16)28-22(17)21/h5-12,14,21-22,28H,13H2,1-4H3/i3D3. The van der Waals surface area contributed by atoms with E-state index in [2.05, 4.69) is 5.32 Å². The molecule has 0 fully saturated rings. The number of para-hydroxylation sites is 1. The molecule has 2 aliphatic rings. The maximum atomic E-state index is 13.9. The molecule has 2 aromatic rings. The summed E-state index contributed by atoms with van der Waals surface area (Å²) in [4.78, 5) is 27.7. The number of rotatable bonds is 3. The molecule has 168 valence electrons. The third-order valence-electron chi connectivity index (χ3n) is 5.76. The van der Waals surface area contributed by atoms with Gasteiger partial charge in [-0.3, -0.25) is 4.79 Å². The van der Waals surface area contributed by atoms with Gasteiger partial charge in [-0.1, -0.05) is 32.0 Å². The third kappa shape index (κ3) is 3.87. The van der Waals surface area contributed by atoms with E-state index in [1.807, 2.05) is 0 Å². The number of esters is 1. The minimum absolute atomic E-state index is 0.0730. The van der Waals surface area contributed by atoms with Gasteiger partial charge in [0.15, 0.2) is 11.6 Å². The second-order valence-electron chi connectivity index (χ2n) is 8.70. The number of nitrogens with zero attached hydrogens (tertiary/aromatic N) is 1. The number of fused-ring (bicyclic) bond motifs is 3. The van der Waals surface area contributed by atoms with Gasteiger partial charge in [0.05, 0.1) is 17.7 Å². The molecule has 3 unspecified atom stereocenters. The maximum absolute atomic E-state index is 13.9. The molecule has 1 amide bonds. The minimum atomic E-state index is -2.55. The Bertz CT molecular complexity index is 1210. The highest BCUT2D eigenvalue weighted by molar-refractivity contribution is 5.97. The quantitative estimate of drug-likeness (QED) is 0.689. The zero-order valence-corrected chi connectivity index (χ0v) is 18.0. The Balaban J connectivity index is 1.89. The van der Waals surface area contributed by atoms with Crippen molar-refractivity contribution in [2.45, 2.75) is 45.7 Å². The molecule has 3 atom stereocenters. The van der Waals surface area contributed by atoms with Gasteiger partial charge >= 0.3 is 5.97 Å². The minimum Gasteiger partial charge on any atom is -0.460 e. The molecule has 0 aliphatic carbocycles. The summed E-state index contributed by atoms with van der Waals surface area (Å²) in [5.74, 6) is -4.49. The van der Waals surface area contributed by atoms with E-state index in [9.17, 15) is 18.4 Å². The van der Waals surface area contributed by atoms with Crippen LogP contribution in [0.1, 0.15) is 53.6 Å². The molecule has 2 aliphatic heterocycles. The van der Waals surface area contributed by atoms with Crippen molar-refractivity contribution < 1.29 is 27.2 Å². The van der Waals surface area contributed by atoms with E-state index in [-0.39, 0.29) is 17.7 Å². The van der Waals surface area contributed by atoms with Crippen LogP contribution in [0.3, 0.4) is 0 Å². The van der Waals surface area contributed by atoms with Crippen LogP contribution in [0.5, 0.6) is 0 Å². The molecular formula is C25H26F2N2O3. The van der Waals surface area contributed by atoms with Gasteiger partial charge in [-0.15, -0.1) is 0 Å². The lowest BCUT2D eigenvalue weighted by atomic mass is 9.71. The lowest BCUT2D eigenvalue weighted by molar-refractivity contribution is -0.143. The number of hydrogen-bond acceptors (Lipinski definition) is 4. The monoisotopic (exact) mass is 443 g/mol. The van der Waals surface area contributed by atoms with Gasteiger partial charge in [-0.25, -0.2) is 13.6 Å². The third-order valence-corrected chi connectivity index (χ3v) is 5.76.